The lowest BCUT2D eigenvalue weighted by Crippen LogP contribution is -2.10. The van der Waals surface area contributed by atoms with Gasteiger partial charge in [-0.2, -0.15) is 0 Å². The Morgan fingerprint density at radius 2 is 1.85 bits per heavy atom. The molecule has 1 unspecified atom stereocenters. The number of carbonyl (C=O) groups is 1. The van der Waals surface area contributed by atoms with Crippen molar-refractivity contribution >= 4 is 29.2 Å². The summed E-state index contributed by atoms with van der Waals surface area (Å²) in [7, 11) is 0. The molecule has 0 aromatic heterocycles. The lowest BCUT2D eigenvalue weighted by Gasteiger charge is -2.10. The maximum Gasteiger partial charge on any atom is 0.337 e. The van der Waals surface area contributed by atoms with E-state index in [0.29, 0.717) is 21.2 Å². The molecule has 0 aliphatic rings. The molecule has 6 heteroatoms. The van der Waals surface area contributed by atoms with E-state index in [4.69, 9.17) is 28.3 Å². The fraction of sp³-hybridized carbons (Fsp3) is 0.0714. The topological polar surface area (TPSA) is 57.5 Å². The molecule has 1 atom stereocenters. The van der Waals surface area contributed by atoms with Gasteiger partial charge in [0.15, 0.2) is 6.10 Å². The predicted octanol–water partition coefficient (Wildman–Crippen LogP) is 3.92. The SMILES string of the molecule is O=C(O)C(O)c1cc(F)cc(-c2ccc(Cl)cc2Cl)c1. The van der Waals surface area contributed by atoms with Crippen molar-refractivity contribution in [2.24, 2.45) is 0 Å². The van der Waals surface area contributed by atoms with Gasteiger partial charge in [-0.05, 0) is 41.5 Å². The van der Waals surface area contributed by atoms with Crippen molar-refractivity contribution in [2.75, 3.05) is 0 Å². The smallest absolute Gasteiger partial charge is 0.337 e. The first-order chi connectivity index (χ1) is 9.38. The van der Waals surface area contributed by atoms with Crippen molar-refractivity contribution in [3.05, 3.63) is 57.8 Å². The second-order valence-electron chi connectivity index (χ2n) is 4.14. The Balaban J connectivity index is 2.54. The fourth-order valence-electron chi connectivity index (χ4n) is 1.79. The largest absolute Gasteiger partial charge is 0.479 e. The highest BCUT2D eigenvalue weighted by Gasteiger charge is 2.18. The number of benzene rings is 2. The van der Waals surface area contributed by atoms with E-state index in [-0.39, 0.29) is 5.56 Å². The average Bonchev–Trinajstić information content (AvgIpc) is 2.36. The molecule has 0 spiro atoms. The zero-order valence-electron chi connectivity index (χ0n) is 9.98. The number of aliphatic carboxylic acids is 1. The van der Waals surface area contributed by atoms with Gasteiger partial charge in [0.2, 0.25) is 0 Å². The molecule has 0 saturated carbocycles. The zero-order chi connectivity index (χ0) is 14.9. The van der Waals surface area contributed by atoms with Gasteiger partial charge in [0.25, 0.3) is 0 Å². The molecule has 2 aromatic carbocycles. The number of hydrogen-bond acceptors (Lipinski definition) is 2. The third-order valence-corrected chi connectivity index (χ3v) is 3.26. The first-order valence-electron chi connectivity index (χ1n) is 5.55. The molecule has 0 radical (unpaired) electrons. The quantitative estimate of drug-likeness (QED) is 0.902. The normalized spacial score (nSPS) is 12.2. The van der Waals surface area contributed by atoms with Crippen molar-refractivity contribution < 1.29 is 19.4 Å². The van der Waals surface area contributed by atoms with Crippen LogP contribution in [0.1, 0.15) is 11.7 Å². The zero-order valence-corrected chi connectivity index (χ0v) is 11.5. The van der Waals surface area contributed by atoms with Crippen LogP contribution in [0.4, 0.5) is 4.39 Å². The van der Waals surface area contributed by atoms with Gasteiger partial charge < -0.3 is 10.2 Å². The number of carboxylic acids is 1. The second kappa shape index (κ2) is 5.79. The summed E-state index contributed by atoms with van der Waals surface area (Å²) in [5.41, 5.74) is 0.801. The van der Waals surface area contributed by atoms with Crippen LogP contribution >= 0.6 is 23.2 Å². The highest BCUT2D eigenvalue weighted by molar-refractivity contribution is 6.36. The lowest BCUT2D eigenvalue weighted by molar-refractivity contribution is -0.146. The molecule has 2 rings (SSSR count). The Morgan fingerprint density at radius 1 is 1.15 bits per heavy atom. The minimum atomic E-state index is -1.80. The van der Waals surface area contributed by atoms with Crippen molar-refractivity contribution in [3.8, 4) is 11.1 Å². The summed E-state index contributed by atoms with van der Waals surface area (Å²) in [6.07, 6.45) is -1.80. The molecule has 0 aliphatic carbocycles. The Morgan fingerprint density at radius 3 is 2.45 bits per heavy atom. The lowest BCUT2D eigenvalue weighted by atomic mass is 10.00. The molecule has 0 amide bonds. The summed E-state index contributed by atoms with van der Waals surface area (Å²) in [6.45, 7) is 0. The standard InChI is InChI=1S/C14H9Cl2FO3/c15-9-1-2-11(12(16)6-9)7-3-8(5-10(17)4-7)13(18)14(19)20/h1-6,13,18H,(H,19,20). The molecule has 3 nitrogen and oxygen atoms in total. The molecule has 20 heavy (non-hydrogen) atoms. The Bertz CT molecular complexity index is 673. The van der Waals surface area contributed by atoms with Gasteiger partial charge >= 0.3 is 5.97 Å². The molecule has 0 fully saturated rings. The van der Waals surface area contributed by atoms with Crippen molar-refractivity contribution in [1.29, 1.82) is 0 Å². The third kappa shape index (κ3) is 3.10. The van der Waals surface area contributed by atoms with Crippen LogP contribution in [0.15, 0.2) is 36.4 Å². The number of carboxylic acid groups (broad SMARTS) is 1. The number of hydrogen-bond donors (Lipinski definition) is 2. The van der Waals surface area contributed by atoms with Crippen LogP contribution in [0.2, 0.25) is 10.0 Å². The summed E-state index contributed by atoms with van der Waals surface area (Å²) in [5, 5.41) is 19.0. The molecule has 0 heterocycles. The Kier molecular flexibility index (Phi) is 4.28. The maximum absolute atomic E-state index is 13.6. The number of rotatable bonds is 3. The minimum Gasteiger partial charge on any atom is -0.479 e. The van der Waals surface area contributed by atoms with Crippen LogP contribution in [0.3, 0.4) is 0 Å². The van der Waals surface area contributed by atoms with Gasteiger partial charge in [-0.3, -0.25) is 0 Å². The van der Waals surface area contributed by atoms with Gasteiger partial charge in [-0.25, -0.2) is 9.18 Å². The van der Waals surface area contributed by atoms with Gasteiger partial charge in [0.1, 0.15) is 5.82 Å². The van der Waals surface area contributed by atoms with Crippen LogP contribution in [0.5, 0.6) is 0 Å². The molecule has 2 aromatic rings. The van der Waals surface area contributed by atoms with Gasteiger partial charge in [-0.15, -0.1) is 0 Å². The van der Waals surface area contributed by atoms with Crippen LogP contribution in [0, 0.1) is 5.82 Å². The van der Waals surface area contributed by atoms with E-state index in [1.807, 2.05) is 0 Å². The van der Waals surface area contributed by atoms with Crippen molar-refractivity contribution in [3.63, 3.8) is 0 Å². The highest BCUT2D eigenvalue weighted by Crippen LogP contribution is 2.32. The summed E-state index contributed by atoms with van der Waals surface area (Å²) in [4.78, 5) is 10.8. The summed E-state index contributed by atoms with van der Waals surface area (Å²) in [5.74, 6) is -2.12. The predicted molar refractivity (Wildman–Crippen MR) is 74.5 cm³/mol. The van der Waals surface area contributed by atoms with E-state index in [2.05, 4.69) is 0 Å². The minimum absolute atomic E-state index is 0.0569. The van der Waals surface area contributed by atoms with Gasteiger partial charge in [0.05, 0.1) is 0 Å². The van der Waals surface area contributed by atoms with Gasteiger partial charge in [0, 0.05) is 15.6 Å². The Labute approximate surface area is 124 Å². The van der Waals surface area contributed by atoms with Crippen LogP contribution in [0.25, 0.3) is 11.1 Å². The molecular weight excluding hydrogens is 306 g/mol. The first kappa shape index (κ1) is 14.8. The molecule has 104 valence electrons. The van der Waals surface area contributed by atoms with E-state index >= 15 is 0 Å². The fourth-order valence-corrected chi connectivity index (χ4v) is 2.31. The number of aliphatic hydroxyl groups excluding tert-OH is 1. The van der Waals surface area contributed by atoms with Crippen molar-refractivity contribution in [1.82, 2.24) is 0 Å². The monoisotopic (exact) mass is 314 g/mol. The van der Waals surface area contributed by atoms with E-state index < -0.39 is 17.9 Å². The first-order valence-corrected chi connectivity index (χ1v) is 6.31. The van der Waals surface area contributed by atoms with E-state index in [1.54, 1.807) is 12.1 Å². The van der Waals surface area contributed by atoms with E-state index in [9.17, 15) is 14.3 Å². The van der Waals surface area contributed by atoms with E-state index in [1.165, 1.54) is 18.2 Å². The molecular formula is C14H9Cl2FO3. The summed E-state index contributed by atoms with van der Waals surface area (Å²) >= 11 is 11.8. The Hall–Kier alpha value is -1.62. The second-order valence-corrected chi connectivity index (χ2v) is 4.98. The van der Waals surface area contributed by atoms with E-state index in [0.717, 1.165) is 6.07 Å². The van der Waals surface area contributed by atoms with Crippen LogP contribution in [-0.2, 0) is 4.79 Å². The van der Waals surface area contributed by atoms with Crippen molar-refractivity contribution in [2.45, 2.75) is 6.10 Å². The summed E-state index contributed by atoms with van der Waals surface area (Å²) < 4.78 is 13.6. The van der Waals surface area contributed by atoms with Crippen LogP contribution < -0.4 is 0 Å². The van der Waals surface area contributed by atoms with Crippen LogP contribution in [-0.4, -0.2) is 16.2 Å². The molecule has 0 aliphatic heterocycles. The number of halogens is 3. The number of aliphatic hydroxyl groups is 1. The highest BCUT2D eigenvalue weighted by atomic mass is 35.5. The third-order valence-electron chi connectivity index (χ3n) is 2.71. The summed E-state index contributed by atoms with van der Waals surface area (Å²) in [6, 6.07) is 8.21. The molecule has 2 N–H and O–H groups in total. The molecule has 0 saturated heterocycles. The van der Waals surface area contributed by atoms with Gasteiger partial charge in [-0.1, -0.05) is 29.3 Å². The molecule has 0 bridgehead atoms. The average molecular weight is 315 g/mol. The maximum atomic E-state index is 13.6.